The first-order valence-electron chi connectivity index (χ1n) is 10.4. The van der Waals surface area contributed by atoms with Crippen molar-refractivity contribution in [1.29, 1.82) is 0 Å². The van der Waals surface area contributed by atoms with Crippen molar-refractivity contribution in [3.63, 3.8) is 0 Å². The van der Waals surface area contributed by atoms with Crippen LogP contribution in [0.5, 0.6) is 5.75 Å². The van der Waals surface area contributed by atoms with Crippen molar-refractivity contribution < 1.29 is 24.9 Å². The number of para-hydroxylation sites is 1. The molecule has 0 amide bonds. The van der Waals surface area contributed by atoms with Crippen molar-refractivity contribution in [2.45, 2.75) is 70.2 Å². The topological polar surface area (TPSA) is 87.0 Å². The van der Waals surface area contributed by atoms with E-state index in [4.69, 9.17) is 9.84 Å². The van der Waals surface area contributed by atoms with E-state index in [0.29, 0.717) is 25.7 Å². The number of hydrogen-bond donors (Lipinski definition) is 3. The van der Waals surface area contributed by atoms with Gasteiger partial charge in [0.1, 0.15) is 11.9 Å². The summed E-state index contributed by atoms with van der Waals surface area (Å²) in [4.78, 5) is 10.8. The van der Waals surface area contributed by atoms with Crippen LogP contribution in [0, 0.1) is 23.7 Å². The first kappa shape index (κ1) is 21.4. The van der Waals surface area contributed by atoms with Crippen molar-refractivity contribution in [2.75, 3.05) is 0 Å². The highest BCUT2D eigenvalue weighted by atomic mass is 16.5. The average molecular weight is 398 g/mol. The van der Waals surface area contributed by atoms with Crippen LogP contribution in [0.25, 0.3) is 0 Å². The van der Waals surface area contributed by atoms with Gasteiger partial charge in [-0.3, -0.25) is 4.79 Å². The molecule has 5 nitrogen and oxygen atoms in total. The summed E-state index contributed by atoms with van der Waals surface area (Å²) in [6.07, 6.45) is 5.07. The number of aryl methyl sites for hydroxylation is 1. The van der Waals surface area contributed by atoms with E-state index >= 15 is 0 Å². The van der Waals surface area contributed by atoms with Crippen LogP contribution in [0.3, 0.4) is 0 Å². The van der Waals surface area contributed by atoms with Crippen LogP contribution in [0.4, 0.5) is 0 Å². The third-order valence-electron chi connectivity index (χ3n) is 6.04. The molecule has 1 unspecified atom stereocenters. The lowest BCUT2D eigenvalue weighted by Crippen LogP contribution is -2.19. The van der Waals surface area contributed by atoms with Crippen molar-refractivity contribution in [3.8, 4) is 17.6 Å². The number of carboxylic acid groups (broad SMARTS) is 1. The zero-order chi connectivity index (χ0) is 21.0. The van der Waals surface area contributed by atoms with Gasteiger partial charge in [0.05, 0.1) is 12.2 Å². The van der Waals surface area contributed by atoms with Gasteiger partial charge >= 0.3 is 5.97 Å². The molecule has 1 aromatic rings. The fourth-order valence-electron chi connectivity index (χ4n) is 4.41. The molecule has 3 rings (SSSR count). The second kappa shape index (κ2) is 9.47. The Bertz CT molecular complexity index is 818. The maximum absolute atomic E-state index is 10.8. The van der Waals surface area contributed by atoms with Crippen LogP contribution < -0.4 is 4.74 Å². The number of benzene rings is 1. The molecule has 29 heavy (non-hydrogen) atoms. The van der Waals surface area contributed by atoms with E-state index in [2.05, 4.69) is 11.8 Å². The number of hydrogen-bond acceptors (Lipinski definition) is 4. The zero-order valence-corrected chi connectivity index (χ0v) is 17.0. The summed E-state index contributed by atoms with van der Waals surface area (Å²) in [7, 11) is 0. The monoisotopic (exact) mass is 398 g/mol. The Labute approximate surface area is 172 Å². The van der Waals surface area contributed by atoms with Crippen LogP contribution in [-0.2, 0) is 11.2 Å². The van der Waals surface area contributed by atoms with Gasteiger partial charge in [-0.1, -0.05) is 37.3 Å². The molecule has 1 heterocycles. The molecule has 1 aromatic carbocycles. The Kier molecular flexibility index (Phi) is 7.00. The van der Waals surface area contributed by atoms with Gasteiger partial charge in [0.25, 0.3) is 0 Å². The summed E-state index contributed by atoms with van der Waals surface area (Å²) in [5.41, 5.74) is 2.11. The number of fused-ring (bicyclic) bond motifs is 3. The van der Waals surface area contributed by atoms with Gasteiger partial charge in [-0.05, 0) is 31.2 Å². The fraction of sp³-hybridized carbons (Fsp3) is 0.542. The Morgan fingerprint density at radius 2 is 2.21 bits per heavy atom. The lowest BCUT2D eigenvalue weighted by atomic mass is 9.86. The maximum atomic E-state index is 10.8. The van der Waals surface area contributed by atoms with Gasteiger partial charge in [0.15, 0.2) is 0 Å². The smallest absolute Gasteiger partial charge is 0.303 e. The third-order valence-corrected chi connectivity index (χ3v) is 6.04. The van der Waals surface area contributed by atoms with Crippen molar-refractivity contribution in [1.82, 2.24) is 0 Å². The van der Waals surface area contributed by atoms with Gasteiger partial charge in [-0.15, -0.1) is 11.8 Å². The molecule has 6 atom stereocenters. The fourth-order valence-corrected chi connectivity index (χ4v) is 4.41. The Morgan fingerprint density at radius 1 is 1.41 bits per heavy atom. The molecule has 1 fully saturated rings. The van der Waals surface area contributed by atoms with Crippen LogP contribution >= 0.6 is 0 Å². The number of carboxylic acids is 1. The molecular weight excluding hydrogens is 368 g/mol. The van der Waals surface area contributed by atoms with Crippen LogP contribution in [-0.4, -0.2) is 39.6 Å². The second-order valence-corrected chi connectivity index (χ2v) is 8.13. The largest absolute Gasteiger partial charge is 0.489 e. The second-order valence-electron chi connectivity index (χ2n) is 8.13. The normalized spacial score (nSPS) is 26.9. The molecule has 1 saturated carbocycles. The van der Waals surface area contributed by atoms with Crippen LogP contribution in [0.1, 0.15) is 56.6 Å². The van der Waals surface area contributed by atoms with Crippen LogP contribution in [0.2, 0.25) is 0 Å². The summed E-state index contributed by atoms with van der Waals surface area (Å²) in [5.74, 6) is 5.87. The lowest BCUT2D eigenvalue weighted by Gasteiger charge is -2.19. The van der Waals surface area contributed by atoms with E-state index in [0.717, 1.165) is 16.9 Å². The quantitative estimate of drug-likeness (QED) is 0.462. The molecule has 5 heteroatoms. The molecule has 1 aliphatic carbocycles. The summed E-state index contributed by atoms with van der Waals surface area (Å²) >= 11 is 0. The summed E-state index contributed by atoms with van der Waals surface area (Å²) in [6.45, 7) is 3.75. The van der Waals surface area contributed by atoms with Gasteiger partial charge < -0.3 is 20.1 Å². The van der Waals surface area contributed by atoms with Gasteiger partial charge in [-0.2, -0.15) is 0 Å². The Morgan fingerprint density at radius 3 is 2.93 bits per heavy atom. The summed E-state index contributed by atoms with van der Waals surface area (Å²) in [6, 6.07) is 6.01. The number of ether oxygens (including phenoxy) is 1. The molecule has 2 aliphatic rings. The molecule has 0 bridgehead atoms. The SMILES string of the molecule is CC#CCC(C)[C@@H](O)/C=C/[C@H]1[C@@H]2c3cccc(CCCC(=O)O)c3O[C@@H]2C[C@@H]1O. The van der Waals surface area contributed by atoms with E-state index in [-0.39, 0.29) is 30.3 Å². The minimum atomic E-state index is -0.790. The van der Waals surface area contributed by atoms with E-state index in [1.54, 1.807) is 13.0 Å². The maximum Gasteiger partial charge on any atom is 0.303 e. The first-order valence-corrected chi connectivity index (χ1v) is 10.4. The molecular formula is C24H30O5. The Hall–Kier alpha value is -2.29. The van der Waals surface area contributed by atoms with Gasteiger partial charge in [0.2, 0.25) is 0 Å². The molecule has 3 N–H and O–H groups in total. The highest BCUT2D eigenvalue weighted by Gasteiger charge is 2.48. The van der Waals surface area contributed by atoms with E-state index < -0.39 is 18.2 Å². The first-order chi connectivity index (χ1) is 13.9. The molecule has 0 aromatic heterocycles. The number of carbonyl (C=O) groups is 1. The van der Waals surface area contributed by atoms with E-state index in [1.807, 2.05) is 31.2 Å². The molecule has 0 saturated heterocycles. The number of rotatable bonds is 8. The zero-order valence-electron chi connectivity index (χ0n) is 17.0. The molecule has 156 valence electrons. The third kappa shape index (κ3) is 4.83. The number of aliphatic hydroxyl groups excluding tert-OH is 2. The van der Waals surface area contributed by atoms with Gasteiger partial charge in [0, 0.05) is 36.7 Å². The van der Waals surface area contributed by atoms with E-state index in [9.17, 15) is 15.0 Å². The van der Waals surface area contributed by atoms with Crippen molar-refractivity contribution >= 4 is 5.97 Å². The van der Waals surface area contributed by atoms with Crippen LogP contribution in [0.15, 0.2) is 30.4 Å². The number of aliphatic carboxylic acids is 1. The Balaban J connectivity index is 1.75. The predicted molar refractivity (Wildman–Crippen MR) is 111 cm³/mol. The number of aliphatic hydroxyl groups is 2. The van der Waals surface area contributed by atoms with Crippen molar-refractivity contribution in [3.05, 3.63) is 41.5 Å². The van der Waals surface area contributed by atoms with E-state index in [1.165, 1.54) is 0 Å². The minimum Gasteiger partial charge on any atom is -0.489 e. The summed E-state index contributed by atoms with van der Waals surface area (Å²) in [5, 5.41) is 29.9. The average Bonchev–Trinajstić information content (AvgIpc) is 3.19. The standard InChI is InChI=1S/C24H30O5/c1-3-4-7-15(2)19(25)13-12-17-20(26)14-21-23(17)18-10-5-8-16(24(18)29-21)9-6-11-22(27)28/h5,8,10,12-13,15,17,19-21,23,25-26H,6-7,9,11,14H2,1-2H3,(H,27,28)/b13-12+/t15?,17-,19+,20+,21-,23-/m1/s1. The van der Waals surface area contributed by atoms with Crippen molar-refractivity contribution in [2.24, 2.45) is 11.8 Å². The molecule has 0 spiro atoms. The molecule has 0 radical (unpaired) electrons. The highest BCUT2D eigenvalue weighted by molar-refractivity contribution is 5.66. The van der Waals surface area contributed by atoms with Gasteiger partial charge in [-0.25, -0.2) is 0 Å². The lowest BCUT2D eigenvalue weighted by molar-refractivity contribution is -0.137. The molecule has 1 aliphatic heterocycles. The highest BCUT2D eigenvalue weighted by Crippen LogP contribution is 2.52. The summed E-state index contributed by atoms with van der Waals surface area (Å²) < 4.78 is 6.21. The predicted octanol–water partition coefficient (Wildman–Crippen LogP) is 3.29. The minimum absolute atomic E-state index is 0.0287.